The molecule has 122 valence electrons. The third-order valence-electron chi connectivity index (χ3n) is 4.22. The van der Waals surface area contributed by atoms with Crippen LogP contribution in [0.4, 0.5) is 0 Å². The summed E-state index contributed by atoms with van der Waals surface area (Å²) in [7, 11) is 0. The lowest BCUT2D eigenvalue weighted by Gasteiger charge is -2.33. The highest BCUT2D eigenvalue weighted by molar-refractivity contribution is 5.76. The molecule has 0 saturated carbocycles. The summed E-state index contributed by atoms with van der Waals surface area (Å²) in [5, 5.41) is 0. The Bertz CT molecular complexity index is 496. The van der Waals surface area contributed by atoms with Crippen LogP contribution in [0.2, 0.25) is 0 Å². The molecule has 0 aliphatic carbocycles. The Balaban J connectivity index is 1.76. The fourth-order valence-corrected chi connectivity index (χ4v) is 2.84. The number of piperidine rings is 1. The fraction of sp³-hybridized carbons (Fsp3) is 0.632. The van der Waals surface area contributed by atoms with Crippen LogP contribution in [0.25, 0.3) is 0 Å². The maximum atomic E-state index is 12.2. The SMILES string of the molecule is Cc1ccccc1OCC1CCN(C(=O)CC(C)(C)C)CC1. The first-order valence-electron chi connectivity index (χ1n) is 8.31. The third-order valence-corrected chi connectivity index (χ3v) is 4.22. The molecule has 1 aliphatic heterocycles. The molecule has 0 unspecified atom stereocenters. The second-order valence-electron chi connectivity index (χ2n) is 7.64. The molecular formula is C19H29NO2. The van der Waals surface area contributed by atoms with Crippen LogP contribution in [-0.2, 0) is 4.79 Å². The van der Waals surface area contributed by atoms with Crippen LogP contribution < -0.4 is 4.74 Å². The number of aryl methyl sites for hydroxylation is 1. The molecule has 0 bridgehead atoms. The molecule has 3 heteroatoms. The standard InChI is InChI=1S/C19H29NO2/c1-15-7-5-6-8-17(15)22-14-16-9-11-20(12-10-16)18(21)13-19(2,3)4/h5-8,16H,9-14H2,1-4H3. The van der Waals surface area contributed by atoms with Gasteiger partial charge in [0.05, 0.1) is 6.61 Å². The molecule has 1 aliphatic rings. The van der Waals surface area contributed by atoms with E-state index in [0.29, 0.717) is 18.2 Å². The highest BCUT2D eigenvalue weighted by Gasteiger charge is 2.26. The van der Waals surface area contributed by atoms with E-state index in [2.05, 4.69) is 33.8 Å². The van der Waals surface area contributed by atoms with Crippen molar-refractivity contribution in [1.82, 2.24) is 4.90 Å². The van der Waals surface area contributed by atoms with Gasteiger partial charge in [-0.15, -0.1) is 0 Å². The summed E-state index contributed by atoms with van der Waals surface area (Å²) >= 11 is 0. The van der Waals surface area contributed by atoms with Crippen molar-refractivity contribution in [3.8, 4) is 5.75 Å². The number of carbonyl (C=O) groups is 1. The molecule has 0 spiro atoms. The van der Waals surface area contributed by atoms with Gasteiger partial charge in [-0.1, -0.05) is 39.0 Å². The van der Waals surface area contributed by atoms with Gasteiger partial charge in [0.1, 0.15) is 5.75 Å². The summed E-state index contributed by atoms with van der Waals surface area (Å²) in [5.41, 5.74) is 1.25. The van der Waals surface area contributed by atoms with Gasteiger partial charge in [-0.3, -0.25) is 4.79 Å². The molecule has 2 rings (SSSR count). The highest BCUT2D eigenvalue weighted by atomic mass is 16.5. The van der Waals surface area contributed by atoms with E-state index in [-0.39, 0.29) is 5.41 Å². The van der Waals surface area contributed by atoms with E-state index in [1.54, 1.807) is 0 Å². The Morgan fingerprint density at radius 2 is 1.86 bits per heavy atom. The quantitative estimate of drug-likeness (QED) is 0.840. The number of rotatable bonds is 4. The number of benzene rings is 1. The van der Waals surface area contributed by atoms with Gasteiger partial charge in [-0.25, -0.2) is 0 Å². The zero-order chi connectivity index (χ0) is 16.2. The highest BCUT2D eigenvalue weighted by Crippen LogP contribution is 2.24. The van der Waals surface area contributed by atoms with Crippen LogP contribution in [0.3, 0.4) is 0 Å². The van der Waals surface area contributed by atoms with Crippen LogP contribution >= 0.6 is 0 Å². The fourth-order valence-electron chi connectivity index (χ4n) is 2.84. The third kappa shape index (κ3) is 5.04. The molecule has 0 atom stereocenters. The summed E-state index contributed by atoms with van der Waals surface area (Å²) in [6, 6.07) is 8.14. The van der Waals surface area contributed by atoms with Crippen LogP contribution in [0.5, 0.6) is 5.75 Å². The second kappa shape index (κ2) is 7.17. The van der Waals surface area contributed by atoms with Gasteiger partial charge in [-0.05, 0) is 42.7 Å². The predicted octanol–water partition coefficient (Wildman–Crippen LogP) is 4.05. The van der Waals surface area contributed by atoms with Crippen LogP contribution in [0.15, 0.2) is 24.3 Å². The molecule has 1 aromatic rings. The summed E-state index contributed by atoms with van der Waals surface area (Å²) in [6.45, 7) is 10.9. The predicted molar refractivity (Wildman–Crippen MR) is 90.1 cm³/mol. The average molecular weight is 303 g/mol. The summed E-state index contributed by atoms with van der Waals surface area (Å²) in [4.78, 5) is 14.3. The molecule has 3 nitrogen and oxygen atoms in total. The number of ether oxygens (including phenoxy) is 1. The van der Waals surface area contributed by atoms with Crippen molar-refractivity contribution in [2.24, 2.45) is 11.3 Å². The Morgan fingerprint density at radius 1 is 1.23 bits per heavy atom. The molecule has 0 radical (unpaired) electrons. The number of likely N-dealkylation sites (tertiary alicyclic amines) is 1. The maximum absolute atomic E-state index is 12.2. The van der Waals surface area contributed by atoms with Crippen LogP contribution in [0.1, 0.15) is 45.6 Å². The molecule has 1 saturated heterocycles. The Labute approximate surface area is 134 Å². The van der Waals surface area contributed by atoms with Gasteiger partial charge in [0, 0.05) is 19.5 Å². The second-order valence-corrected chi connectivity index (χ2v) is 7.64. The van der Waals surface area contributed by atoms with Crippen molar-refractivity contribution in [2.45, 2.75) is 47.0 Å². The Hall–Kier alpha value is -1.51. The molecule has 0 N–H and O–H groups in total. The minimum Gasteiger partial charge on any atom is -0.493 e. The first-order valence-corrected chi connectivity index (χ1v) is 8.31. The lowest BCUT2D eigenvalue weighted by molar-refractivity contribution is -0.134. The van der Waals surface area contributed by atoms with Crippen molar-refractivity contribution < 1.29 is 9.53 Å². The topological polar surface area (TPSA) is 29.5 Å². The van der Waals surface area contributed by atoms with Crippen molar-refractivity contribution >= 4 is 5.91 Å². The Morgan fingerprint density at radius 3 is 2.45 bits per heavy atom. The van der Waals surface area contributed by atoms with E-state index in [4.69, 9.17) is 4.74 Å². The van der Waals surface area contributed by atoms with Gasteiger partial charge < -0.3 is 9.64 Å². The smallest absolute Gasteiger partial charge is 0.223 e. The number of hydrogen-bond acceptors (Lipinski definition) is 2. The molecular weight excluding hydrogens is 274 g/mol. The molecule has 22 heavy (non-hydrogen) atoms. The molecule has 0 aromatic heterocycles. The summed E-state index contributed by atoms with van der Waals surface area (Å²) in [5.74, 6) is 1.83. The Kier molecular flexibility index (Phi) is 5.49. The number of carbonyl (C=O) groups excluding carboxylic acids is 1. The van der Waals surface area contributed by atoms with Crippen molar-refractivity contribution in [3.05, 3.63) is 29.8 Å². The molecule has 1 amide bonds. The zero-order valence-corrected chi connectivity index (χ0v) is 14.4. The zero-order valence-electron chi connectivity index (χ0n) is 14.4. The van der Waals surface area contributed by atoms with Gasteiger partial charge >= 0.3 is 0 Å². The summed E-state index contributed by atoms with van der Waals surface area (Å²) in [6.07, 6.45) is 2.72. The van der Waals surface area contributed by atoms with Gasteiger partial charge in [0.2, 0.25) is 5.91 Å². The van der Waals surface area contributed by atoms with Crippen molar-refractivity contribution in [3.63, 3.8) is 0 Å². The lowest BCUT2D eigenvalue weighted by atomic mass is 9.90. The monoisotopic (exact) mass is 303 g/mol. The lowest BCUT2D eigenvalue weighted by Crippen LogP contribution is -2.41. The van der Waals surface area contributed by atoms with Crippen LogP contribution in [0, 0.1) is 18.3 Å². The molecule has 1 heterocycles. The van der Waals surface area contributed by atoms with E-state index in [1.165, 1.54) is 5.56 Å². The molecule has 1 fully saturated rings. The van der Waals surface area contributed by atoms with E-state index in [1.807, 2.05) is 23.1 Å². The van der Waals surface area contributed by atoms with Crippen molar-refractivity contribution in [1.29, 1.82) is 0 Å². The number of hydrogen-bond donors (Lipinski definition) is 0. The van der Waals surface area contributed by atoms with Crippen LogP contribution in [-0.4, -0.2) is 30.5 Å². The van der Waals surface area contributed by atoms with Crippen molar-refractivity contribution in [2.75, 3.05) is 19.7 Å². The van der Waals surface area contributed by atoms with Gasteiger partial charge in [0.25, 0.3) is 0 Å². The minimum atomic E-state index is 0.0713. The van der Waals surface area contributed by atoms with Gasteiger partial charge in [-0.2, -0.15) is 0 Å². The molecule has 1 aromatic carbocycles. The normalized spacial score (nSPS) is 16.6. The first kappa shape index (κ1) is 16.9. The van der Waals surface area contributed by atoms with E-state index in [0.717, 1.165) is 38.3 Å². The maximum Gasteiger partial charge on any atom is 0.223 e. The number of nitrogens with zero attached hydrogens (tertiary/aromatic N) is 1. The average Bonchev–Trinajstić information content (AvgIpc) is 2.45. The van der Waals surface area contributed by atoms with Gasteiger partial charge in [0.15, 0.2) is 0 Å². The van der Waals surface area contributed by atoms with E-state index >= 15 is 0 Å². The number of para-hydroxylation sites is 1. The van der Waals surface area contributed by atoms with E-state index < -0.39 is 0 Å². The first-order chi connectivity index (χ1) is 10.3. The van der Waals surface area contributed by atoms with E-state index in [9.17, 15) is 4.79 Å². The largest absolute Gasteiger partial charge is 0.493 e. The minimum absolute atomic E-state index is 0.0713. The number of amides is 1. The summed E-state index contributed by atoms with van der Waals surface area (Å²) < 4.78 is 5.95.